The van der Waals surface area contributed by atoms with E-state index in [1.165, 1.54) is 18.4 Å². The second-order valence-corrected chi connectivity index (χ2v) is 9.49. The molecule has 1 atom stereocenters. The number of carbonyl (C=O) groups excluding carboxylic acids is 1. The molecule has 1 unspecified atom stereocenters. The van der Waals surface area contributed by atoms with Crippen molar-refractivity contribution in [3.8, 4) is 11.5 Å². The van der Waals surface area contributed by atoms with Crippen molar-refractivity contribution in [3.05, 3.63) is 78.3 Å². The summed E-state index contributed by atoms with van der Waals surface area (Å²) in [5.41, 5.74) is 2.34. The molecule has 6 heteroatoms. The predicted molar refractivity (Wildman–Crippen MR) is 136 cm³/mol. The summed E-state index contributed by atoms with van der Waals surface area (Å²) in [4.78, 5) is 17.7. The van der Waals surface area contributed by atoms with Gasteiger partial charge in [-0.2, -0.15) is 0 Å². The largest absolute Gasteiger partial charge is 0.493 e. The van der Waals surface area contributed by atoms with E-state index in [9.17, 15) is 4.79 Å². The maximum atomic E-state index is 13.3. The fraction of sp³-hybridized carbons (Fsp3) is 0.414. The van der Waals surface area contributed by atoms with Crippen LogP contribution in [0.2, 0.25) is 0 Å². The molecule has 0 spiro atoms. The molecular formula is C29H34N2O4. The van der Waals surface area contributed by atoms with Gasteiger partial charge in [0, 0.05) is 31.4 Å². The number of hydrogen-bond acceptors (Lipinski definition) is 5. The average molecular weight is 475 g/mol. The Bertz CT molecular complexity index is 1090. The lowest BCUT2D eigenvalue weighted by atomic mass is 10.0. The van der Waals surface area contributed by atoms with Gasteiger partial charge in [0.1, 0.15) is 5.76 Å². The highest BCUT2D eigenvalue weighted by Crippen LogP contribution is 2.36. The quantitative estimate of drug-likeness (QED) is 0.454. The summed E-state index contributed by atoms with van der Waals surface area (Å²) in [5, 5.41) is 0. The van der Waals surface area contributed by atoms with Gasteiger partial charge in [-0.15, -0.1) is 0 Å². The van der Waals surface area contributed by atoms with Gasteiger partial charge in [-0.25, -0.2) is 0 Å². The highest BCUT2D eigenvalue weighted by atomic mass is 16.5. The summed E-state index contributed by atoms with van der Waals surface area (Å²) in [6, 6.07) is 20.4. The van der Waals surface area contributed by atoms with Crippen LogP contribution in [0.3, 0.4) is 0 Å². The smallest absolute Gasteiger partial charge is 0.230 e. The highest BCUT2D eigenvalue weighted by Gasteiger charge is 2.31. The molecule has 1 saturated heterocycles. The monoisotopic (exact) mass is 474 g/mol. The average Bonchev–Trinajstić information content (AvgIpc) is 3.59. The molecule has 0 bridgehead atoms. The van der Waals surface area contributed by atoms with Crippen molar-refractivity contribution in [2.45, 2.75) is 50.7 Å². The van der Waals surface area contributed by atoms with Crippen molar-refractivity contribution in [2.75, 3.05) is 31.6 Å². The van der Waals surface area contributed by atoms with Crippen LogP contribution < -0.4 is 14.4 Å². The first-order chi connectivity index (χ1) is 17.2. The molecule has 2 fully saturated rings. The Hall–Kier alpha value is -3.41. The zero-order valence-electron chi connectivity index (χ0n) is 20.4. The zero-order valence-corrected chi connectivity index (χ0v) is 20.4. The summed E-state index contributed by atoms with van der Waals surface area (Å²) < 4.78 is 17.4. The van der Waals surface area contributed by atoms with Crippen molar-refractivity contribution in [1.82, 2.24) is 4.90 Å². The number of furan rings is 1. The molecule has 1 amide bonds. The van der Waals surface area contributed by atoms with Crippen LogP contribution in [-0.2, 0) is 17.6 Å². The molecule has 2 aliphatic rings. The predicted octanol–water partition coefficient (Wildman–Crippen LogP) is 5.11. The number of anilines is 1. The second-order valence-electron chi connectivity index (χ2n) is 9.49. The number of carbonyl (C=O) groups is 1. The number of benzene rings is 2. The number of hydrogen-bond donors (Lipinski definition) is 0. The van der Waals surface area contributed by atoms with Crippen LogP contribution in [0.15, 0.2) is 71.3 Å². The van der Waals surface area contributed by atoms with Crippen LogP contribution in [0.5, 0.6) is 11.5 Å². The molecule has 184 valence electrons. The Kier molecular flexibility index (Phi) is 7.26. The van der Waals surface area contributed by atoms with E-state index in [1.807, 2.05) is 29.2 Å². The summed E-state index contributed by atoms with van der Waals surface area (Å²) in [6.45, 7) is 2.19. The van der Waals surface area contributed by atoms with E-state index in [0.717, 1.165) is 49.5 Å². The minimum Gasteiger partial charge on any atom is -0.493 e. The molecule has 1 saturated carbocycles. The Labute approximate surface area is 207 Å². The molecule has 0 N–H and O–H groups in total. The molecule has 1 aromatic heterocycles. The first-order valence-corrected chi connectivity index (χ1v) is 12.6. The molecule has 0 radical (unpaired) electrons. The fourth-order valence-corrected chi connectivity index (χ4v) is 5.28. The molecule has 2 heterocycles. The van der Waals surface area contributed by atoms with Crippen molar-refractivity contribution >= 4 is 11.6 Å². The number of ether oxygens (including phenoxy) is 2. The number of piperazine rings is 1. The van der Waals surface area contributed by atoms with Gasteiger partial charge in [0.2, 0.25) is 5.91 Å². The molecule has 6 nitrogen and oxygen atoms in total. The van der Waals surface area contributed by atoms with E-state index >= 15 is 0 Å². The molecule has 1 aliphatic heterocycles. The summed E-state index contributed by atoms with van der Waals surface area (Å²) >= 11 is 0. The van der Waals surface area contributed by atoms with Crippen LogP contribution in [0.25, 0.3) is 0 Å². The van der Waals surface area contributed by atoms with Crippen LogP contribution in [0.4, 0.5) is 5.69 Å². The van der Waals surface area contributed by atoms with Gasteiger partial charge in [-0.3, -0.25) is 4.79 Å². The van der Waals surface area contributed by atoms with Gasteiger partial charge in [-0.1, -0.05) is 30.3 Å². The van der Waals surface area contributed by atoms with Gasteiger partial charge < -0.3 is 23.7 Å². The number of amides is 1. The highest BCUT2D eigenvalue weighted by molar-refractivity contribution is 5.79. The topological polar surface area (TPSA) is 55.2 Å². The van der Waals surface area contributed by atoms with Gasteiger partial charge in [-0.05, 0) is 61.9 Å². The van der Waals surface area contributed by atoms with Gasteiger partial charge in [0.15, 0.2) is 11.5 Å². The van der Waals surface area contributed by atoms with E-state index in [-0.39, 0.29) is 18.1 Å². The van der Waals surface area contributed by atoms with Crippen LogP contribution >= 0.6 is 0 Å². The molecule has 2 aromatic carbocycles. The van der Waals surface area contributed by atoms with E-state index < -0.39 is 0 Å². The number of methoxy groups -OCH3 is 1. The van der Waals surface area contributed by atoms with Gasteiger partial charge in [0.25, 0.3) is 0 Å². The summed E-state index contributed by atoms with van der Waals surface area (Å²) in [5.74, 6) is 2.40. The Balaban J connectivity index is 1.35. The minimum absolute atomic E-state index is 0.0647. The molecule has 1 aliphatic carbocycles. The van der Waals surface area contributed by atoms with Gasteiger partial charge >= 0.3 is 0 Å². The van der Waals surface area contributed by atoms with E-state index in [2.05, 4.69) is 41.3 Å². The lowest BCUT2D eigenvalue weighted by Crippen LogP contribution is -2.56. The SMILES string of the molecule is COc1ccc(N2CCN(C(=O)Cc3ccco3)C(Cc3ccccc3)C2)cc1OC1CCCC1. The van der Waals surface area contributed by atoms with Crippen molar-refractivity contribution in [1.29, 1.82) is 0 Å². The fourth-order valence-electron chi connectivity index (χ4n) is 5.28. The van der Waals surface area contributed by atoms with Crippen LogP contribution in [0.1, 0.15) is 37.0 Å². The number of nitrogens with zero attached hydrogens (tertiary/aromatic N) is 2. The second kappa shape index (κ2) is 10.9. The minimum atomic E-state index is 0.0647. The Morgan fingerprint density at radius 3 is 2.57 bits per heavy atom. The summed E-state index contributed by atoms with van der Waals surface area (Å²) in [6.07, 6.45) is 7.64. The van der Waals surface area contributed by atoms with Crippen molar-refractivity contribution in [3.63, 3.8) is 0 Å². The normalized spacial score (nSPS) is 18.6. The third-order valence-corrected chi connectivity index (χ3v) is 7.13. The molecule has 3 aromatic rings. The van der Waals surface area contributed by atoms with Gasteiger partial charge in [0.05, 0.1) is 31.9 Å². The third kappa shape index (κ3) is 5.64. The standard InChI is InChI=1S/C29H34N2O4/c1-33-27-14-13-23(19-28(27)35-25-10-5-6-11-25)30-15-16-31(29(32)20-26-12-7-17-34-26)24(21-30)18-22-8-3-2-4-9-22/h2-4,7-9,12-14,17,19,24-25H,5-6,10-11,15-16,18,20-21H2,1H3. The maximum Gasteiger partial charge on any atom is 0.230 e. The van der Waals surface area contributed by atoms with Crippen molar-refractivity contribution in [2.24, 2.45) is 0 Å². The van der Waals surface area contributed by atoms with E-state index in [1.54, 1.807) is 13.4 Å². The van der Waals surface area contributed by atoms with Crippen molar-refractivity contribution < 1.29 is 18.7 Å². The lowest BCUT2D eigenvalue weighted by Gasteiger charge is -2.43. The zero-order chi connectivity index (χ0) is 24.0. The first-order valence-electron chi connectivity index (χ1n) is 12.6. The number of rotatable bonds is 8. The van der Waals surface area contributed by atoms with E-state index in [4.69, 9.17) is 13.9 Å². The van der Waals surface area contributed by atoms with Crippen LogP contribution in [-0.4, -0.2) is 49.7 Å². The maximum absolute atomic E-state index is 13.3. The van der Waals surface area contributed by atoms with Crippen LogP contribution in [0, 0.1) is 0 Å². The lowest BCUT2D eigenvalue weighted by molar-refractivity contribution is -0.133. The molecule has 35 heavy (non-hydrogen) atoms. The Morgan fingerprint density at radius 2 is 1.83 bits per heavy atom. The summed E-state index contributed by atoms with van der Waals surface area (Å²) in [7, 11) is 1.69. The van der Waals surface area contributed by atoms with E-state index in [0.29, 0.717) is 18.7 Å². The third-order valence-electron chi connectivity index (χ3n) is 7.13. The Morgan fingerprint density at radius 1 is 1.00 bits per heavy atom. The molecular weight excluding hydrogens is 440 g/mol. The first kappa shape index (κ1) is 23.3. The molecule has 5 rings (SSSR count).